The van der Waals surface area contributed by atoms with Gasteiger partial charge in [-0.25, -0.2) is 0 Å². The van der Waals surface area contributed by atoms with Crippen LogP contribution in [0.5, 0.6) is 5.75 Å². The topological polar surface area (TPSA) is 43.4 Å². The summed E-state index contributed by atoms with van der Waals surface area (Å²) in [5, 5.41) is 1.31. The van der Waals surface area contributed by atoms with Gasteiger partial charge in [0.15, 0.2) is 0 Å². The molecule has 0 fully saturated rings. The summed E-state index contributed by atoms with van der Waals surface area (Å²) in [7, 11) is 0. The van der Waals surface area contributed by atoms with Crippen LogP contribution in [-0.4, -0.2) is 19.0 Å². The molecule has 0 radical (unpaired) electrons. The molecule has 4 aromatic rings. The molecule has 0 amide bonds. The number of alkyl halides is 1. The van der Waals surface area contributed by atoms with Crippen LogP contribution in [0.15, 0.2) is 150 Å². The zero-order chi connectivity index (χ0) is 40.3. The van der Waals surface area contributed by atoms with Crippen LogP contribution in [0, 0.1) is 5.92 Å². The van der Waals surface area contributed by atoms with Gasteiger partial charge in [0.05, 0.1) is 16.9 Å². The molecule has 6 aliphatic rings. The Morgan fingerprint density at radius 3 is 2.64 bits per heavy atom. The van der Waals surface area contributed by atoms with Gasteiger partial charge in [0.25, 0.3) is 0 Å². The summed E-state index contributed by atoms with van der Waals surface area (Å²) in [6, 6.07) is 26.0. The summed E-state index contributed by atoms with van der Waals surface area (Å²) >= 11 is 2.89. The van der Waals surface area contributed by atoms with Crippen LogP contribution >= 0.6 is 22.6 Å². The van der Waals surface area contributed by atoms with Crippen molar-refractivity contribution >= 4 is 67.2 Å². The van der Waals surface area contributed by atoms with Gasteiger partial charge in [0, 0.05) is 71.8 Å². The summed E-state index contributed by atoms with van der Waals surface area (Å²) in [5.41, 5.74) is 25.9. The van der Waals surface area contributed by atoms with E-state index in [1.54, 1.807) is 0 Å². The van der Waals surface area contributed by atoms with E-state index < -0.39 is 0 Å². The molecule has 2 aliphatic heterocycles. The lowest BCUT2D eigenvalue weighted by atomic mass is 9.73. The number of ether oxygens (including phenoxy) is 1. The van der Waals surface area contributed by atoms with Crippen LogP contribution in [0.3, 0.4) is 0 Å². The molecule has 4 aliphatic carbocycles. The van der Waals surface area contributed by atoms with Crippen molar-refractivity contribution in [1.29, 1.82) is 0 Å². The van der Waals surface area contributed by atoms with Crippen molar-refractivity contribution in [3.63, 3.8) is 0 Å². The Morgan fingerprint density at radius 1 is 0.983 bits per heavy atom. The predicted octanol–water partition coefficient (Wildman–Crippen LogP) is 14.5. The molecule has 2 N–H and O–H groups in total. The van der Waals surface area contributed by atoms with Crippen LogP contribution in [0.2, 0.25) is 0 Å². The first-order valence-corrected chi connectivity index (χ1v) is 23.0. The Hall–Kier alpha value is -5.01. The maximum Gasteiger partial charge on any atom is 0.128 e. The van der Waals surface area contributed by atoms with Gasteiger partial charge < -0.3 is 19.9 Å². The summed E-state index contributed by atoms with van der Waals surface area (Å²) in [6.45, 7) is 6.82. The van der Waals surface area contributed by atoms with E-state index in [9.17, 15) is 0 Å². The lowest BCUT2D eigenvalue weighted by Crippen LogP contribution is -2.40. The first-order valence-electron chi connectivity index (χ1n) is 21.9. The number of anilines is 1. The van der Waals surface area contributed by atoms with Crippen molar-refractivity contribution in [2.75, 3.05) is 5.73 Å². The largest absolute Gasteiger partial charge is 0.485 e. The molecule has 5 heteroatoms. The second-order valence-corrected chi connectivity index (χ2v) is 19.1. The number of nitrogen functional groups attached to an aromatic ring is 1. The first-order chi connectivity index (χ1) is 28.9. The number of rotatable bonds is 7. The fourth-order valence-electron chi connectivity index (χ4n) is 10.8. The molecule has 3 aromatic carbocycles. The van der Waals surface area contributed by atoms with Crippen molar-refractivity contribution in [3.05, 3.63) is 173 Å². The Bertz CT molecular complexity index is 2670. The number of fused-ring (bicyclic) bond motifs is 7. The summed E-state index contributed by atoms with van der Waals surface area (Å²) < 4.78 is 9.15. The standard InChI is InChI=1S/C54H54IN3O/c1-4-6-23-46-35(3)53-52(41-19-8-13-24-47(41)57(53)37-28-29-51-43(34-37)40-18-10-16-27-50(40)59-51)42-20-9-14-25-48(42)58(46)49-26-15-11-21-44(49)54(55)32-30-36(31-33-54)38(5-2)39-17-7-12-22-45(39)56/h5-10,12-13,16-20,22-24,26-28,30,34,44,51H,4,11,14-15,21,25,29,31-33,56H2,1-3H3/b23-6-,38-5-/t44?,51?,54-/m0/s1. The molecule has 0 saturated carbocycles. The highest BCUT2D eigenvalue weighted by Crippen LogP contribution is 2.55. The van der Waals surface area contributed by atoms with E-state index in [4.69, 9.17) is 10.5 Å². The first kappa shape index (κ1) is 38.2. The van der Waals surface area contributed by atoms with Crippen molar-refractivity contribution in [2.45, 2.75) is 94.5 Å². The quantitative estimate of drug-likeness (QED) is 0.114. The molecule has 3 heterocycles. The van der Waals surface area contributed by atoms with E-state index in [1.165, 1.54) is 91.2 Å². The van der Waals surface area contributed by atoms with Crippen LogP contribution in [0.25, 0.3) is 38.9 Å². The smallest absolute Gasteiger partial charge is 0.128 e. The molecule has 10 rings (SSSR count). The molecule has 3 atom stereocenters. The van der Waals surface area contributed by atoms with Gasteiger partial charge in [-0.3, -0.25) is 0 Å². The lowest BCUT2D eigenvalue weighted by Gasteiger charge is -2.46. The van der Waals surface area contributed by atoms with E-state index in [-0.39, 0.29) is 9.53 Å². The zero-order valence-corrected chi connectivity index (χ0v) is 36.8. The Balaban J connectivity index is 1.13. The molecule has 4 nitrogen and oxygen atoms in total. The number of nitrogens with two attached hydrogens (primary N) is 1. The van der Waals surface area contributed by atoms with Crippen LogP contribution in [-0.2, 0) is 0 Å². The minimum Gasteiger partial charge on any atom is -0.485 e. The summed E-state index contributed by atoms with van der Waals surface area (Å²) in [4.78, 5) is 2.77. The fourth-order valence-corrected chi connectivity index (χ4v) is 12.0. The van der Waals surface area contributed by atoms with Gasteiger partial charge in [-0.2, -0.15) is 0 Å². The van der Waals surface area contributed by atoms with Gasteiger partial charge >= 0.3 is 0 Å². The highest BCUT2D eigenvalue weighted by molar-refractivity contribution is 14.1. The number of halogens is 1. The van der Waals surface area contributed by atoms with Gasteiger partial charge in [-0.15, -0.1) is 0 Å². The maximum absolute atomic E-state index is 6.53. The van der Waals surface area contributed by atoms with Gasteiger partial charge in [0.1, 0.15) is 11.9 Å². The SMILES string of the molecule is C/C=C(/C1=CC[C@@](I)(C2CCCC=C2N2C(/C=C\CC)=C(C)c3c(c4ccccc4n3C3=CCC4Oc5ccccc5C4=C3)C3=C2CCC=C3)CC1)c1ccccc1N. The van der Waals surface area contributed by atoms with E-state index >= 15 is 0 Å². The summed E-state index contributed by atoms with van der Waals surface area (Å²) in [5.74, 6) is 1.41. The highest BCUT2D eigenvalue weighted by Gasteiger charge is 2.44. The minimum atomic E-state index is 0.0601. The van der Waals surface area contributed by atoms with E-state index in [2.05, 4.69) is 168 Å². The summed E-state index contributed by atoms with van der Waals surface area (Å²) in [6.07, 6.45) is 32.7. The van der Waals surface area contributed by atoms with Gasteiger partial charge in [-0.05, 0) is 119 Å². The number of para-hydroxylation sites is 3. The average Bonchev–Trinajstić information content (AvgIpc) is 3.79. The number of benzene rings is 3. The zero-order valence-electron chi connectivity index (χ0n) is 34.6. The lowest BCUT2D eigenvalue weighted by molar-refractivity contribution is 0.279. The molecule has 0 saturated heterocycles. The predicted molar refractivity (Wildman–Crippen MR) is 257 cm³/mol. The van der Waals surface area contributed by atoms with E-state index in [0.29, 0.717) is 5.92 Å². The fraction of sp³-hybridized carbons (Fsp3) is 0.296. The molecule has 1 aromatic heterocycles. The van der Waals surface area contributed by atoms with Crippen LogP contribution < -0.4 is 10.5 Å². The third-order valence-corrected chi connectivity index (χ3v) is 15.4. The number of nitrogens with zero attached hydrogens (tertiary/aromatic N) is 2. The molecular formula is C54H54IN3O. The van der Waals surface area contributed by atoms with Crippen molar-refractivity contribution in [1.82, 2.24) is 9.47 Å². The van der Waals surface area contributed by atoms with Gasteiger partial charge in [-0.1, -0.05) is 127 Å². The second-order valence-electron chi connectivity index (χ2n) is 17.0. The van der Waals surface area contributed by atoms with Crippen LogP contribution in [0.1, 0.15) is 107 Å². The van der Waals surface area contributed by atoms with Crippen molar-refractivity contribution < 1.29 is 4.74 Å². The minimum absolute atomic E-state index is 0.0601. The maximum atomic E-state index is 6.53. The molecule has 59 heavy (non-hydrogen) atoms. The monoisotopic (exact) mass is 887 g/mol. The van der Waals surface area contributed by atoms with Crippen molar-refractivity contribution in [2.24, 2.45) is 5.92 Å². The molecular weight excluding hydrogens is 834 g/mol. The Morgan fingerprint density at radius 2 is 1.81 bits per heavy atom. The Labute approximate surface area is 363 Å². The number of hydrogen-bond donors (Lipinski definition) is 1. The normalized spacial score (nSPS) is 24.2. The van der Waals surface area contributed by atoms with E-state index in [0.717, 1.165) is 68.4 Å². The van der Waals surface area contributed by atoms with Crippen LogP contribution in [0.4, 0.5) is 5.69 Å². The molecule has 298 valence electrons. The number of hydrogen-bond acceptors (Lipinski definition) is 3. The third-order valence-electron chi connectivity index (χ3n) is 13.6. The second kappa shape index (κ2) is 15.5. The van der Waals surface area contributed by atoms with Gasteiger partial charge in [0.2, 0.25) is 0 Å². The average molecular weight is 888 g/mol. The number of aromatic nitrogens is 1. The van der Waals surface area contributed by atoms with E-state index in [1.807, 2.05) is 12.1 Å². The number of allylic oxidation sites excluding steroid dienone is 15. The molecule has 0 bridgehead atoms. The molecule has 0 spiro atoms. The highest BCUT2D eigenvalue weighted by atomic mass is 127. The molecule has 2 unspecified atom stereocenters. The Kier molecular flexibility index (Phi) is 10.1. The third kappa shape index (κ3) is 6.38. The van der Waals surface area contributed by atoms with Crippen molar-refractivity contribution in [3.8, 4) is 5.75 Å².